The molecule has 0 aromatic heterocycles. The van der Waals surface area contributed by atoms with Crippen LogP contribution in [-0.4, -0.2) is 114 Å². The van der Waals surface area contributed by atoms with Gasteiger partial charge >= 0.3 is 0 Å². The second-order valence-corrected chi connectivity index (χ2v) is 5.99. The molecule has 0 aliphatic carbocycles. The van der Waals surface area contributed by atoms with Crippen LogP contribution in [0.15, 0.2) is 0 Å². The molecular formula is C12H22Cl2O10. The first-order valence-electron chi connectivity index (χ1n) is 6.81. The molecule has 1 saturated heterocycles. The summed E-state index contributed by atoms with van der Waals surface area (Å²) in [5.74, 6) is 0. The van der Waals surface area contributed by atoms with E-state index in [1.807, 2.05) is 0 Å². The van der Waals surface area contributed by atoms with Crippen LogP contribution in [0.25, 0.3) is 0 Å². The van der Waals surface area contributed by atoms with Gasteiger partial charge in [0.2, 0.25) is 0 Å². The summed E-state index contributed by atoms with van der Waals surface area (Å²) in [6.45, 7) is -1.18. The molecular weight excluding hydrogens is 375 g/mol. The van der Waals surface area contributed by atoms with E-state index in [0.717, 1.165) is 0 Å². The normalized spacial score (nSPS) is 35.2. The summed E-state index contributed by atoms with van der Waals surface area (Å²) in [5, 5.41) is 68.8. The maximum absolute atomic E-state index is 10.0. The van der Waals surface area contributed by atoms with Crippen LogP contribution in [0.4, 0.5) is 0 Å². The van der Waals surface area contributed by atoms with Crippen LogP contribution in [0.3, 0.4) is 0 Å². The van der Waals surface area contributed by atoms with E-state index >= 15 is 0 Å². The van der Waals surface area contributed by atoms with Gasteiger partial charge in [-0.25, -0.2) is 0 Å². The number of carbonyl (C=O) groups excluding carboxylic acids is 1. The molecule has 0 radical (unpaired) electrons. The van der Waals surface area contributed by atoms with Crippen LogP contribution in [0, 0.1) is 0 Å². The van der Waals surface area contributed by atoms with Gasteiger partial charge in [0, 0.05) is 0 Å². The van der Waals surface area contributed by atoms with Crippen LogP contribution < -0.4 is 0 Å². The van der Waals surface area contributed by atoms with Gasteiger partial charge in [-0.15, -0.1) is 23.2 Å². The lowest BCUT2D eigenvalue weighted by Gasteiger charge is -2.37. The quantitative estimate of drug-likeness (QED) is 0.162. The second kappa shape index (κ2) is 11.5. The molecule has 0 aromatic rings. The van der Waals surface area contributed by atoms with E-state index in [0.29, 0.717) is 0 Å². The minimum atomic E-state index is -1.62. The van der Waals surface area contributed by atoms with Gasteiger partial charge in [0.05, 0.1) is 13.2 Å². The molecule has 10 nitrogen and oxygen atoms in total. The molecule has 1 heterocycles. The van der Waals surface area contributed by atoms with Gasteiger partial charge in [-0.2, -0.15) is 0 Å². The highest BCUT2D eigenvalue weighted by atomic mass is 35.5. The highest BCUT2D eigenvalue weighted by molar-refractivity contribution is 6.28. The zero-order chi connectivity index (χ0) is 19.0. The molecule has 0 aromatic carbocycles. The molecule has 0 saturated carbocycles. The zero-order valence-corrected chi connectivity index (χ0v) is 13.8. The standard InChI is InChI=1S/2C6H11ClO5/c7-3-5(10)4(9)2(1-8)12-6(3)11;7-3(1-8)5(11)6(12)4(10)2-9/h2-6,8-11H,1H2;1,3-6,9-12H,2H2/t2-,3+,4-,5-,6?;3-,4-,5-,6-/m11/s1. The van der Waals surface area contributed by atoms with Gasteiger partial charge in [0.25, 0.3) is 0 Å². The summed E-state index contributed by atoms with van der Waals surface area (Å²) in [7, 11) is 0. The van der Waals surface area contributed by atoms with Gasteiger partial charge in [-0.1, -0.05) is 0 Å². The SMILES string of the molecule is O=C[C@@H](Cl)[C@@H](O)[C@H](O)[C@H](O)CO.OC[C@H]1OC(O)[C@@H](Cl)[C@@H](O)[C@@H]1O. The zero-order valence-electron chi connectivity index (χ0n) is 12.3. The van der Waals surface area contributed by atoms with Crippen molar-refractivity contribution in [2.75, 3.05) is 13.2 Å². The molecule has 0 spiro atoms. The molecule has 8 N–H and O–H groups in total. The first-order valence-corrected chi connectivity index (χ1v) is 7.68. The average Bonchev–Trinajstić information content (AvgIpc) is 2.60. The van der Waals surface area contributed by atoms with Crippen LogP contribution in [0.2, 0.25) is 0 Å². The van der Waals surface area contributed by atoms with Gasteiger partial charge in [-0.3, -0.25) is 0 Å². The van der Waals surface area contributed by atoms with Gasteiger partial charge < -0.3 is 50.4 Å². The Morgan fingerprint density at radius 2 is 1.58 bits per heavy atom. The third-order valence-corrected chi connectivity index (χ3v) is 4.05. The van der Waals surface area contributed by atoms with Crippen molar-refractivity contribution in [1.29, 1.82) is 0 Å². The molecule has 144 valence electrons. The number of aldehydes is 1. The second-order valence-electron chi connectivity index (χ2n) is 4.98. The van der Waals surface area contributed by atoms with Gasteiger partial charge in [-0.05, 0) is 0 Å². The van der Waals surface area contributed by atoms with Crippen LogP contribution >= 0.6 is 23.2 Å². The van der Waals surface area contributed by atoms with E-state index in [4.69, 9.17) is 58.6 Å². The number of aliphatic hydroxyl groups is 8. The Bertz CT molecular complexity index is 358. The number of aliphatic hydroxyl groups excluding tert-OH is 8. The predicted molar refractivity (Wildman–Crippen MR) is 80.4 cm³/mol. The Kier molecular flexibility index (Phi) is 11.4. The fourth-order valence-electron chi connectivity index (χ4n) is 1.67. The highest BCUT2D eigenvalue weighted by Gasteiger charge is 2.42. The summed E-state index contributed by atoms with van der Waals surface area (Å²) < 4.78 is 4.69. The minimum Gasteiger partial charge on any atom is -0.394 e. The Hall–Kier alpha value is -0.110. The molecule has 1 aliphatic heterocycles. The lowest BCUT2D eigenvalue weighted by Crippen LogP contribution is -2.56. The summed E-state index contributed by atoms with van der Waals surface area (Å²) in [4.78, 5) is 10.0. The van der Waals surface area contributed by atoms with Crippen molar-refractivity contribution in [3.05, 3.63) is 0 Å². The molecule has 1 aliphatic rings. The highest BCUT2D eigenvalue weighted by Crippen LogP contribution is 2.23. The van der Waals surface area contributed by atoms with E-state index < -0.39 is 66.9 Å². The van der Waals surface area contributed by atoms with Crippen molar-refractivity contribution >= 4 is 29.5 Å². The fraction of sp³-hybridized carbons (Fsp3) is 0.917. The van der Waals surface area contributed by atoms with Crippen molar-refractivity contribution < 1.29 is 50.4 Å². The topological polar surface area (TPSA) is 188 Å². The number of hydrogen-bond acceptors (Lipinski definition) is 10. The fourth-order valence-corrected chi connectivity index (χ4v) is 2.02. The summed E-state index contributed by atoms with van der Waals surface area (Å²) >= 11 is 10.7. The van der Waals surface area contributed by atoms with Crippen molar-refractivity contribution in [3.63, 3.8) is 0 Å². The Morgan fingerprint density at radius 1 is 1.04 bits per heavy atom. The largest absolute Gasteiger partial charge is 0.394 e. The average molecular weight is 397 g/mol. The third kappa shape index (κ3) is 6.65. The first kappa shape index (κ1) is 23.9. The van der Waals surface area contributed by atoms with E-state index in [1.54, 1.807) is 0 Å². The van der Waals surface area contributed by atoms with E-state index in [2.05, 4.69) is 0 Å². The van der Waals surface area contributed by atoms with E-state index in [-0.39, 0.29) is 6.29 Å². The number of carbonyl (C=O) groups is 1. The predicted octanol–water partition coefficient (Wildman–Crippen LogP) is -4.11. The van der Waals surface area contributed by atoms with Gasteiger partial charge in [0.15, 0.2) is 6.29 Å². The van der Waals surface area contributed by atoms with Crippen molar-refractivity contribution in [2.45, 2.75) is 53.7 Å². The number of hydrogen-bond donors (Lipinski definition) is 8. The molecule has 12 heteroatoms. The lowest BCUT2D eigenvalue weighted by atomic mass is 10.0. The summed E-state index contributed by atoms with van der Waals surface area (Å²) in [6, 6.07) is 0. The number of rotatable bonds is 6. The molecule has 9 atom stereocenters. The Balaban J connectivity index is 0.000000441. The first-order chi connectivity index (χ1) is 11.1. The van der Waals surface area contributed by atoms with E-state index in [9.17, 15) is 15.0 Å². The Morgan fingerprint density at radius 3 is 2.00 bits per heavy atom. The molecule has 24 heavy (non-hydrogen) atoms. The van der Waals surface area contributed by atoms with Crippen molar-refractivity contribution in [3.8, 4) is 0 Å². The van der Waals surface area contributed by atoms with Crippen molar-refractivity contribution in [1.82, 2.24) is 0 Å². The molecule has 1 rings (SSSR count). The van der Waals surface area contributed by atoms with Crippen molar-refractivity contribution in [2.24, 2.45) is 0 Å². The molecule has 1 unspecified atom stereocenters. The Labute approximate surface area is 147 Å². The van der Waals surface area contributed by atoms with Crippen LogP contribution in [-0.2, 0) is 9.53 Å². The number of ether oxygens (including phenoxy) is 1. The lowest BCUT2D eigenvalue weighted by molar-refractivity contribution is -0.236. The molecule has 1 fully saturated rings. The minimum absolute atomic E-state index is 0.236. The maximum Gasteiger partial charge on any atom is 0.174 e. The summed E-state index contributed by atoms with van der Waals surface area (Å²) in [5.41, 5.74) is 0. The molecule has 0 bridgehead atoms. The van der Waals surface area contributed by atoms with Gasteiger partial charge in [0.1, 0.15) is 53.7 Å². The van der Waals surface area contributed by atoms with Crippen LogP contribution in [0.5, 0.6) is 0 Å². The summed E-state index contributed by atoms with van der Waals surface area (Å²) in [6.07, 6.45) is -9.35. The maximum atomic E-state index is 10.0. The van der Waals surface area contributed by atoms with Crippen LogP contribution in [0.1, 0.15) is 0 Å². The number of alkyl halides is 2. The smallest absolute Gasteiger partial charge is 0.174 e. The monoisotopic (exact) mass is 396 g/mol. The third-order valence-electron chi connectivity index (χ3n) is 3.21. The number of halogens is 2. The van der Waals surface area contributed by atoms with E-state index in [1.165, 1.54) is 0 Å². The molecule has 0 amide bonds.